The van der Waals surface area contributed by atoms with E-state index in [2.05, 4.69) is 4.98 Å². The molecule has 1 saturated heterocycles. The lowest BCUT2D eigenvalue weighted by molar-refractivity contribution is -0.0758. The monoisotopic (exact) mass is 250 g/mol. The third-order valence-electron chi connectivity index (χ3n) is 3.13. The van der Waals surface area contributed by atoms with Gasteiger partial charge in [-0.25, -0.2) is 4.98 Å². The maximum Gasteiger partial charge on any atom is 0.276 e. The fraction of sp³-hybridized carbons (Fsp3) is 0.538. The first-order valence-electron chi connectivity index (χ1n) is 5.99. The number of amides is 1. The third-order valence-corrected chi connectivity index (χ3v) is 3.13. The number of aromatic nitrogens is 1. The van der Waals surface area contributed by atoms with E-state index in [1.165, 1.54) is 12.3 Å². The summed E-state index contributed by atoms with van der Waals surface area (Å²) in [4.78, 5) is 18.1. The van der Waals surface area contributed by atoms with Gasteiger partial charge in [-0.2, -0.15) is 0 Å². The molecule has 0 bridgehead atoms. The van der Waals surface area contributed by atoms with Crippen LogP contribution < -0.4 is 0 Å². The van der Waals surface area contributed by atoms with Crippen molar-refractivity contribution in [2.45, 2.75) is 32.4 Å². The standard InChI is InChI=1S/C13H18N2O3/c1-9-7-15(13(2,3)8-18-9)12(17)11-10(16)5-4-6-14-11/h4-6,9,16H,7-8H2,1-3H3. The van der Waals surface area contributed by atoms with Crippen molar-refractivity contribution < 1.29 is 14.6 Å². The number of nitrogens with zero attached hydrogens (tertiary/aromatic N) is 2. The Morgan fingerprint density at radius 2 is 2.33 bits per heavy atom. The zero-order valence-electron chi connectivity index (χ0n) is 10.9. The quantitative estimate of drug-likeness (QED) is 0.819. The van der Waals surface area contributed by atoms with Gasteiger partial charge < -0.3 is 14.7 Å². The van der Waals surface area contributed by atoms with Crippen LogP contribution in [-0.4, -0.2) is 45.7 Å². The van der Waals surface area contributed by atoms with Gasteiger partial charge in [0.25, 0.3) is 5.91 Å². The Balaban J connectivity index is 2.30. The van der Waals surface area contributed by atoms with Crippen LogP contribution in [-0.2, 0) is 4.74 Å². The molecule has 1 aliphatic rings. The molecule has 1 amide bonds. The number of rotatable bonds is 1. The first-order valence-corrected chi connectivity index (χ1v) is 5.99. The highest BCUT2D eigenvalue weighted by Gasteiger charge is 2.38. The Morgan fingerprint density at radius 1 is 1.61 bits per heavy atom. The van der Waals surface area contributed by atoms with Crippen molar-refractivity contribution in [3.05, 3.63) is 24.0 Å². The van der Waals surface area contributed by atoms with Crippen molar-refractivity contribution in [1.82, 2.24) is 9.88 Å². The molecule has 0 saturated carbocycles. The van der Waals surface area contributed by atoms with Crippen LogP contribution in [0, 0.1) is 0 Å². The zero-order valence-corrected chi connectivity index (χ0v) is 10.9. The van der Waals surface area contributed by atoms with E-state index in [0.717, 1.165) is 0 Å². The molecule has 0 aromatic carbocycles. The van der Waals surface area contributed by atoms with Crippen LogP contribution >= 0.6 is 0 Å². The fourth-order valence-corrected chi connectivity index (χ4v) is 2.03. The first kappa shape index (κ1) is 12.8. The van der Waals surface area contributed by atoms with E-state index in [1.807, 2.05) is 20.8 Å². The normalized spacial score (nSPS) is 22.8. The Morgan fingerprint density at radius 3 is 3.00 bits per heavy atom. The molecule has 1 atom stereocenters. The number of hydrogen-bond donors (Lipinski definition) is 1. The second-order valence-corrected chi connectivity index (χ2v) is 5.22. The van der Waals surface area contributed by atoms with Gasteiger partial charge in [-0.3, -0.25) is 4.79 Å². The molecule has 1 fully saturated rings. The Kier molecular flexibility index (Phi) is 3.26. The average molecular weight is 250 g/mol. The summed E-state index contributed by atoms with van der Waals surface area (Å²) in [5.41, 5.74) is -0.298. The lowest BCUT2D eigenvalue weighted by atomic mass is 10.00. The van der Waals surface area contributed by atoms with E-state index in [4.69, 9.17) is 4.74 Å². The minimum atomic E-state index is -0.395. The maximum atomic E-state index is 12.4. The van der Waals surface area contributed by atoms with E-state index in [1.54, 1.807) is 11.0 Å². The van der Waals surface area contributed by atoms with Gasteiger partial charge >= 0.3 is 0 Å². The zero-order chi connectivity index (χ0) is 13.3. The summed E-state index contributed by atoms with van der Waals surface area (Å²) in [5.74, 6) is -0.342. The third kappa shape index (κ3) is 2.31. The van der Waals surface area contributed by atoms with E-state index < -0.39 is 5.54 Å². The van der Waals surface area contributed by atoms with Crippen molar-refractivity contribution in [2.75, 3.05) is 13.2 Å². The number of carbonyl (C=O) groups is 1. The van der Waals surface area contributed by atoms with Crippen LogP contribution in [0.2, 0.25) is 0 Å². The first-order chi connectivity index (χ1) is 8.42. The summed E-state index contributed by atoms with van der Waals surface area (Å²) in [6.07, 6.45) is 1.50. The summed E-state index contributed by atoms with van der Waals surface area (Å²) in [5, 5.41) is 9.71. The summed E-state index contributed by atoms with van der Waals surface area (Å²) in [6, 6.07) is 3.07. The average Bonchev–Trinajstić information content (AvgIpc) is 2.32. The van der Waals surface area contributed by atoms with E-state index in [0.29, 0.717) is 13.2 Å². The number of morpholine rings is 1. The molecule has 1 N–H and O–H groups in total. The molecule has 0 aliphatic carbocycles. The molecule has 0 radical (unpaired) electrons. The molecule has 0 spiro atoms. The molecule has 1 aromatic rings. The minimum absolute atomic E-state index is 0.00664. The van der Waals surface area contributed by atoms with Crippen molar-refractivity contribution in [3.63, 3.8) is 0 Å². The van der Waals surface area contributed by atoms with Crippen LogP contribution in [0.3, 0.4) is 0 Å². The highest BCUT2D eigenvalue weighted by molar-refractivity contribution is 5.95. The van der Waals surface area contributed by atoms with E-state index in [-0.39, 0.29) is 23.5 Å². The number of carbonyl (C=O) groups excluding carboxylic acids is 1. The van der Waals surface area contributed by atoms with Crippen LogP contribution in [0.15, 0.2) is 18.3 Å². The van der Waals surface area contributed by atoms with Gasteiger partial charge in [0.15, 0.2) is 5.69 Å². The minimum Gasteiger partial charge on any atom is -0.505 e. The number of aromatic hydroxyl groups is 1. The molecular formula is C13H18N2O3. The lowest BCUT2D eigenvalue weighted by Gasteiger charge is -2.44. The van der Waals surface area contributed by atoms with E-state index >= 15 is 0 Å². The van der Waals surface area contributed by atoms with Gasteiger partial charge in [-0.05, 0) is 32.9 Å². The van der Waals surface area contributed by atoms with Crippen molar-refractivity contribution >= 4 is 5.91 Å². The Labute approximate surface area is 106 Å². The largest absolute Gasteiger partial charge is 0.505 e. The second-order valence-electron chi connectivity index (χ2n) is 5.22. The number of pyridine rings is 1. The molecule has 1 unspecified atom stereocenters. The highest BCUT2D eigenvalue weighted by Crippen LogP contribution is 2.26. The molecule has 2 rings (SSSR count). The van der Waals surface area contributed by atoms with Crippen LogP contribution in [0.5, 0.6) is 5.75 Å². The topological polar surface area (TPSA) is 62.7 Å². The molecule has 5 nitrogen and oxygen atoms in total. The fourth-order valence-electron chi connectivity index (χ4n) is 2.03. The highest BCUT2D eigenvalue weighted by atomic mass is 16.5. The molecule has 2 heterocycles. The van der Waals surface area contributed by atoms with Gasteiger partial charge in [0.2, 0.25) is 0 Å². The molecule has 5 heteroatoms. The van der Waals surface area contributed by atoms with Crippen molar-refractivity contribution in [2.24, 2.45) is 0 Å². The maximum absolute atomic E-state index is 12.4. The molecular weight excluding hydrogens is 232 g/mol. The van der Waals surface area contributed by atoms with Gasteiger partial charge in [0.1, 0.15) is 5.75 Å². The predicted octanol–water partition coefficient (Wildman–Crippen LogP) is 1.43. The predicted molar refractivity (Wildman–Crippen MR) is 66.4 cm³/mol. The number of ether oxygens (including phenoxy) is 1. The van der Waals surface area contributed by atoms with Crippen LogP contribution in [0.1, 0.15) is 31.3 Å². The Hall–Kier alpha value is -1.62. The summed E-state index contributed by atoms with van der Waals surface area (Å²) in [7, 11) is 0. The molecule has 98 valence electrons. The van der Waals surface area contributed by atoms with Gasteiger partial charge in [-0.1, -0.05) is 0 Å². The Bertz CT molecular complexity index is 459. The molecule has 1 aliphatic heterocycles. The van der Waals surface area contributed by atoms with Crippen LogP contribution in [0.4, 0.5) is 0 Å². The van der Waals surface area contributed by atoms with Crippen molar-refractivity contribution in [3.8, 4) is 5.75 Å². The lowest BCUT2D eigenvalue weighted by Crippen LogP contribution is -2.57. The number of hydrogen-bond acceptors (Lipinski definition) is 4. The van der Waals surface area contributed by atoms with E-state index in [9.17, 15) is 9.90 Å². The summed E-state index contributed by atoms with van der Waals surface area (Å²) >= 11 is 0. The van der Waals surface area contributed by atoms with Gasteiger partial charge in [0, 0.05) is 12.7 Å². The SMILES string of the molecule is CC1CN(C(=O)c2ncccc2O)C(C)(C)CO1. The molecule has 1 aromatic heterocycles. The summed E-state index contributed by atoms with van der Waals surface area (Å²) < 4.78 is 5.56. The van der Waals surface area contributed by atoms with Gasteiger partial charge in [-0.15, -0.1) is 0 Å². The second kappa shape index (κ2) is 4.57. The summed E-state index contributed by atoms with van der Waals surface area (Å²) in [6.45, 7) is 6.79. The van der Waals surface area contributed by atoms with Crippen molar-refractivity contribution in [1.29, 1.82) is 0 Å². The van der Waals surface area contributed by atoms with Gasteiger partial charge in [0.05, 0.1) is 18.2 Å². The van der Waals surface area contributed by atoms with Crippen LogP contribution in [0.25, 0.3) is 0 Å². The molecule has 18 heavy (non-hydrogen) atoms. The smallest absolute Gasteiger partial charge is 0.276 e.